The van der Waals surface area contributed by atoms with Crippen molar-refractivity contribution in [2.45, 2.75) is 20.8 Å². The fraction of sp³-hybridized carbons (Fsp3) is 0.0870. The van der Waals surface area contributed by atoms with E-state index in [-0.39, 0.29) is 15.4 Å². The van der Waals surface area contributed by atoms with Gasteiger partial charge >= 0.3 is 0 Å². The van der Waals surface area contributed by atoms with E-state index in [9.17, 15) is 21.6 Å². The number of hydrogen-bond acceptors (Lipinski definition) is 5. The highest BCUT2D eigenvalue weighted by Gasteiger charge is 2.40. The second-order valence-corrected chi connectivity index (χ2v) is 11.2. The van der Waals surface area contributed by atoms with Crippen molar-refractivity contribution in [1.82, 2.24) is 0 Å². The Labute approximate surface area is 176 Å². The molecular formula is C23H20O5S2. The van der Waals surface area contributed by atoms with Crippen molar-refractivity contribution in [3.8, 4) is 0 Å². The molecule has 0 atom stereocenters. The van der Waals surface area contributed by atoms with Crippen LogP contribution < -0.4 is 0 Å². The number of hydrogen-bond donors (Lipinski definition) is 0. The van der Waals surface area contributed by atoms with Crippen LogP contribution in [0.1, 0.15) is 12.0 Å². The van der Waals surface area contributed by atoms with Gasteiger partial charge in [-0.2, -0.15) is 0 Å². The van der Waals surface area contributed by atoms with Crippen LogP contribution in [-0.4, -0.2) is 27.7 Å². The zero-order valence-corrected chi connectivity index (χ0v) is 17.6. The van der Waals surface area contributed by atoms with E-state index in [0.717, 1.165) is 0 Å². The Morgan fingerprint density at radius 3 is 1.47 bits per heavy atom. The third kappa shape index (κ3) is 4.75. The lowest BCUT2D eigenvalue weighted by Gasteiger charge is -2.19. The van der Waals surface area contributed by atoms with Crippen molar-refractivity contribution in [3.05, 3.63) is 102 Å². The molecule has 0 fully saturated rings. The third-order valence-corrected chi connectivity index (χ3v) is 9.64. The van der Waals surface area contributed by atoms with Crippen LogP contribution in [0.2, 0.25) is 0 Å². The molecule has 30 heavy (non-hydrogen) atoms. The number of carbonyl (C=O) groups excluding carboxylic acids is 1. The van der Waals surface area contributed by atoms with Crippen molar-refractivity contribution >= 4 is 32.0 Å². The first-order valence-electron chi connectivity index (χ1n) is 9.14. The maximum absolute atomic E-state index is 13.3. The van der Waals surface area contributed by atoms with E-state index in [1.807, 2.05) is 0 Å². The van der Waals surface area contributed by atoms with Crippen molar-refractivity contribution in [1.29, 1.82) is 0 Å². The van der Waals surface area contributed by atoms with Crippen molar-refractivity contribution in [2.75, 3.05) is 0 Å². The molecule has 0 aliphatic carbocycles. The van der Waals surface area contributed by atoms with Gasteiger partial charge in [0, 0.05) is 6.42 Å². The van der Waals surface area contributed by atoms with Gasteiger partial charge in [0.1, 0.15) is 6.29 Å². The SMILES string of the molecule is O=C/C(=C\c1ccccc1)CC(S(=O)(=O)c1ccccc1)S(=O)(=O)c1ccccc1. The highest BCUT2D eigenvalue weighted by Crippen LogP contribution is 2.30. The molecule has 7 heteroatoms. The first-order valence-corrected chi connectivity index (χ1v) is 12.2. The Bertz CT molecular complexity index is 1160. The van der Waals surface area contributed by atoms with Gasteiger partial charge in [0.2, 0.25) is 0 Å². The molecule has 0 bridgehead atoms. The van der Waals surface area contributed by atoms with E-state index in [1.165, 1.54) is 54.6 Å². The molecule has 0 radical (unpaired) electrons. The number of benzene rings is 3. The molecule has 0 unspecified atom stereocenters. The lowest BCUT2D eigenvalue weighted by atomic mass is 10.1. The molecule has 0 N–H and O–H groups in total. The number of rotatable bonds is 8. The van der Waals surface area contributed by atoms with Crippen LogP contribution >= 0.6 is 0 Å². The second-order valence-electron chi connectivity index (χ2n) is 6.60. The zero-order chi connectivity index (χ0) is 21.6. The Kier molecular flexibility index (Phi) is 6.64. The molecule has 3 aromatic rings. The molecule has 0 saturated carbocycles. The minimum Gasteiger partial charge on any atom is -0.298 e. The van der Waals surface area contributed by atoms with Crippen LogP contribution in [-0.2, 0) is 24.5 Å². The molecule has 0 aromatic heterocycles. The van der Waals surface area contributed by atoms with Crippen LogP contribution in [0.25, 0.3) is 6.08 Å². The summed E-state index contributed by atoms with van der Waals surface area (Å²) in [5, 5.41) is 0. The molecule has 0 aliphatic rings. The van der Waals surface area contributed by atoms with E-state index in [1.54, 1.807) is 42.5 Å². The summed E-state index contributed by atoms with van der Waals surface area (Å²) < 4.78 is 51.5. The maximum atomic E-state index is 13.3. The average Bonchev–Trinajstić information content (AvgIpc) is 2.78. The summed E-state index contributed by atoms with van der Waals surface area (Å²) in [4.78, 5) is 11.5. The van der Waals surface area contributed by atoms with Gasteiger partial charge in [0.15, 0.2) is 24.3 Å². The summed E-state index contributed by atoms with van der Waals surface area (Å²) in [7, 11) is -8.58. The molecular weight excluding hydrogens is 420 g/mol. The van der Waals surface area contributed by atoms with Gasteiger partial charge < -0.3 is 0 Å². The van der Waals surface area contributed by atoms with Crippen LogP contribution in [0, 0.1) is 0 Å². The fourth-order valence-electron chi connectivity index (χ4n) is 3.01. The summed E-state index contributed by atoms with van der Waals surface area (Å²) >= 11 is 0. The summed E-state index contributed by atoms with van der Waals surface area (Å²) in [6.45, 7) is 0. The van der Waals surface area contributed by atoms with Crippen LogP contribution in [0.3, 0.4) is 0 Å². The number of aldehydes is 1. The summed E-state index contributed by atoms with van der Waals surface area (Å²) in [5.41, 5.74) is 0.748. The normalized spacial score (nSPS) is 12.6. The molecule has 0 saturated heterocycles. The summed E-state index contributed by atoms with van der Waals surface area (Å²) in [5.74, 6) is 0. The number of sulfone groups is 2. The van der Waals surface area contributed by atoms with Gasteiger partial charge in [-0.1, -0.05) is 66.7 Å². The summed E-state index contributed by atoms with van der Waals surface area (Å²) in [6.07, 6.45) is 1.54. The Hall–Kier alpha value is -3.03. The highest BCUT2D eigenvalue weighted by molar-refractivity contribution is 8.09. The van der Waals surface area contributed by atoms with Crippen molar-refractivity contribution in [3.63, 3.8) is 0 Å². The monoisotopic (exact) mass is 440 g/mol. The lowest BCUT2D eigenvalue weighted by molar-refractivity contribution is -0.104. The Balaban J connectivity index is 2.13. The van der Waals surface area contributed by atoms with E-state index < -0.39 is 30.7 Å². The van der Waals surface area contributed by atoms with E-state index in [0.29, 0.717) is 11.8 Å². The van der Waals surface area contributed by atoms with Gasteiger partial charge in [-0.05, 0) is 41.5 Å². The van der Waals surface area contributed by atoms with Crippen molar-refractivity contribution in [2.24, 2.45) is 0 Å². The standard InChI is InChI=1S/C23H20O5S2/c24-18-20(16-19-10-4-1-5-11-19)17-23(29(25,26)21-12-6-2-7-13-21)30(27,28)22-14-8-3-9-15-22/h1-16,18,23H,17H2/b20-16-. The molecule has 0 spiro atoms. The smallest absolute Gasteiger partial charge is 0.196 e. The van der Waals surface area contributed by atoms with E-state index >= 15 is 0 Å². The Morgan fingerprint density at radius 1 is 0.667 bits per heavy atom. The quantitative estimate of drug-likeness (QED) is 0.391. The van der Waals surface area contributed by atoms with E-state index in [2.05, 4.69) is 0 Å². The minimum absolute atomic E-state index is 0.0743. The Morgan fingerprint density at radius 2 is 1.07 bits per heavy atom. The molecule has 5 nitrogen and oxygen atoms in total. The zero-order valence-electron chi connectivity index (χ0n) is 16.0. The number of allylic oxidation sites excluding steroid dienone is 1. The second kappa shape index (κ2) is 9.19. The first-order chi connectivity index (χ1) is 14.4. The highest BCUT2D eigenvalue weighted by atomic mass is 32.3. The van der Waals surface area contributed by atoms with Crippen LogP contribution in [0.4, 0.5) is 0 Å². The molecule has 3 rings (SSSR count). The minimum atomic E-state index is -4.29. The predicted molar refractivity (Wildman–Crippen MR) is 116 cm³/mol. The van der Waals surface area contributed by atoms with Crippen LogP contribution in [0.5, 0.6) is 0 Å². The maximum Gasteiger partial charge on any atom is 0.196 e. The summed E-state index contributed by atoms with van der Waals surface area (Å²) in [6, 6.07) is 23.6. The number of carbonyl (C=O) groups is 1. The van der Waals surface area contributed by atoms with Gasteiger partial charge in [-0.3, -0.25) is 4.79 Å². The average molecular weight is 441 g/mol. The topological polar surface area (TPSA) is 85.3 Å². The van der Waals surface area contributed by atoms with E-state index in [4.69, 9.17) is 0 Å². The van der Waals surface area contributed by atoms with Crippen molar-refractivity contribution < 1.29 is 21.6 Å². The molecule has 154 valence electrons. The van der Waals surface area contributed by atoms with Gasteiger partial charge in [0.25, 0.3) is 0 Å². The molecule has 0 aliphatic heterocycles. The van der Waals surface area contributed by atoms with Gasteiger partial charge in [-0.25, -0.2) is 16.8 Å². The molecule has 0 amide bonds. The van der Waals surface area contributed by atoms with Gasteiger partial charge in [-0.15, -0.1) is 0 Å². The first kappa shape index (κ1) is 21.7. The fourth-order valence-corrected chi connectivity index (χ4v) is 7.51. The molecule has 0 heterocycles. The largest absolute Gasteiger partial charge is 0.298 e. The third-order valence-electron chi connectivity index (χ3n) is 4.54. The van der Waals surface area contributed by atoms with Gasteiger partial charge in [0.05, 0.1) is 9.79 Å². The molecule has 3 aromatic carbocycles. The van der Waals surface area contributed by atoms with Crippen LogP contribution in [0.15, 0.2) is 106 Å². The lowest BCUT2D eigenvalue weighted by Crippen LogP contribution is -2.31. The predicted octanol–water partition coefficient (Wildman–Crippen LogP) is 3.93.